The predicted octanol–water partition coefficient (Wildman–Crippen LogP) is 2.51. The number of aromatic nitrogens is 1. The molecule has 150 valence electrons. The molecule has 1 aliphatic carbocycles. The SMILES string of the molecule is C=CCN1C[C@H](CO)C[C@@H]2c3cccc4[nH]c(CN5CCOCC5)c(c34)C[C@H]21. The van der Waals surface area contributed by atoms with Gasteiger partial charge in [0.2, 0.25) is 0 Å². The predicted molar refractivity (Wildman–Crippen MR) is 112 cm³/mol. The highest BCUT2D eigenvalue weighted by Crippen LogP contribution is 2.45. The van der Waals surface area contributed by atoms with Gasteiger partial charge in [-0.05, 0) is 36.0 Å². The highest BCUT2D eigenvalue weighted by molar-refractivity contribution is 5.89. The van der Waals surface area contributed by atoms with Gasteiger partial charge >= 0.3 is 0 Å². The van der Waals surface area contributed by atoms with E-state index in [-0.39, 0.29) is 6.61 Å². The Kier molecular flexibility index (Phi) is 5.01. The summed E-state index contributed by atoms with van der Waals surface area (Å²) in [7, 11) is 0. The van der Waals surface area contributed by atoms with Gasteiger partial charge in [0, 0.05) is 67.9 Å². The molecule has 1 aromatic heterocycles. The van der Waals surface area contributed by atoms with E-state index in [1.165, 1.54) is 27.7 Å². The van der Waals surface area contributed by atoms with Gasteiger partial charge in [0.25, 0.3) is 0 Å². The van der Waals surface area contributed by atoms with E-state index in [9.17, 15) is 5.11 Å². The number of H-pyrrole nitrogens is 1. The standard InChI is InChI=1S/C23H31N3O2/c1-2-6-26-13-16(15-27)11-18-17-4-3-5-20-23(17)19(12-22(18)26)21(24-20)14-25-7-9-28-10-8-25/h2-5,16,18,22,24,27H,1,6-15H2/t16-,18-,22-/m1/s1. The molecule has 0 bridgehead atoms. The maximum absolute atomic E-state index is 9.87. The maximum Gasteiger partial charge on any atom is 0.0594 e. The van der Waals surface area contributed by atoms with Gasteiger partial charge in [-0.2, -0.15) is 0 Å². The Morgan fingerprint density at radius 2 is 2.14 bits per heavy atom. The Hall–Kier alpha value is -1.66. The molecule has 2 aliphatic heterocycles. The molecule has 5 heteroatoms. The van der Waals surface area contributed by atoms with Gasteiger partial charge in [-0.15, -0.1) is 6.58 Å². The minimum atomic E-state index is 0.273. The maximum atomic E-state index is 9.87. The summed E-state index contributed by atoms with van der Waals surface area (Å²) in [5.74, 6) is 0.846. The number of aliphatic hydroxyl groups excluding tert-OH is 1. The van der Waals surface area contributed by atoms with Crippen LogP contribution in [0.15, 0.2) is 30.9 Å². The number of nitrogens with zero attached hydrogens (tertiary/aromatic N) is 2. The lowest BCUT2D eigenvalue weighted by Gasteiger charge is -2.46. The average molecular weight is 382 g/mol. The van der Waals surface area contributed by atoms with Crippen LogP contribution in [0.1, 0.15) is 29.2 Å². The van der Waals surface area contributed by atoms with Crippen molar-refractivity contribution in [2.75, 3.05) is 46.0 Å². The van der Waals surface area contributed by atoms with E-state index < -0.39 is 0 Å². The first kappa shape index (κ1) is 18.4. The summed E-state index contributed by atoms with van der Waals surface area (Å²) in [5.41, 5.74) is 5.64. The van der Waals surface area contributed by atoms with Gasteiger partial charge in [0.15, 0.2) is 0 Å². The Morgan fingerprint density at radius 3 is 2.93 bits per heavy atom. The Labute approximate surface area is 167 Å². The number of hydrogen-bond donors (Lipinski definition) is 2. The van der Waals surface area contributed by atoms with Crippen molar-refractivity contribution in [1.82, 2.24) is 14.8 Å². The van der Waals surface area contributed by atoms with Crippen molar-refractivity contribution in [3.8, 4) is 0 Å². The van der Waals surface area contributed by atoms with Crippen molar-refractivity contribution in [3.63, 3.8) is 0 Å². The summed E-state index contributed by atoms with van der Waals surface area (Å²) in [6.45, 7) is 10.8. The van der Waals surface area contributed by atoms with Crippen molar-refractivity contribution in [2.45, 2.75) is 31.3 Å². The zero-order chi connectivity index (χ0) is 19.1. The van der Waals surface area contributed by atoms with Gasteiger partial charge in [-0.1, -0.05) is 18.2 Å². The van der Waals surface area contributed by atoms with Crippen LogP contribution < -0.4 is 0 Å². The fourth-order valence-corrected chi connectivity index (χ4v) is 5.69. The Bertz CT molecular complexity index is 855. The van der Waals surface area contributed by atoms with Crippen LogP contribution in [0.3, 0.4) is 0 Å². The summed E-state index contributed by atoms with van der Waals surface area (Å²) < 4.78 is 5.53. The lowest BCUT2D eigenvalue weighted by atomic mass is 9.72. The van der Waals surface area contributed by atoms with E-state index in [0.717, 1.165) is 58.8 Å². The summed E-state index contributed by atoms with van der Waals surface area (Å²) in [4.78, 5) is 8.81. The number of morpholine rings is 1. The van der Waals surface area contributed by atoms with E-state index in [0.29, 0.717) is 17.9 Å². The topological polar surface area (TPSA) is 51.7 Å². The third-order valence-electron chi connectivity index (χ3n) is 6.98. The van der Waals surface area contributed by atoms with Crippen LogP contribution in [0.25, 0.3) is 10.9 Å². The summed E-state index contributed by atoms with van der Waals surface area (Å²) in [6, 6.07) is 7.23. The molecule has 0 unspecified atom stereocenters. The summed E-state index contributed by atoms with van der Waals surface area (Å²) in [5, 5.41) is 11.3. The molecule has 2 N–H and O–H groups in total. The first-order chi connectivity index (χ1) is 13.8. The van der Waals surface area contributed by atoms with Crippen LogP contribution in [-0.2, 0) is 17.7 Å². The molecular formula is C23H31N3O2. The third-order valence-corrected chi connectivity index (χ3v) is 6.98. The number of benzene rings is 1. The smallest absolute Gasteiger partial charge is 0.0594 e. The van der Waals surface area contributed by atoms with Gasteiger partial charge in [-0.3, -0.25) is 9.80 Å². The van der Waals surface area contributed by atoms with E-state index in [2.05, 4.69) is 39.6 Å². The molecule has 1 aromatic carbocycles. The molecule has 0 amide bonds. The second-order valence-electron chi connectivity index (χ2n) is 8.65. The zero-order valence-electron chi connectivity index (χ0n) is 16.6. The quantitative estimate of drug-likeness (QED) is 0.782. The highest BCUT2D eigenvalue weighted by atomic mass is 16.5. The molecule has 0 saturated carbocycles. The first-order valence-electron chi connectivity index (χ1n) is 10.7. The van der Waals surface area contributed by atoms with E-state index in [1.54, 1.807) is 0 Å². The molecule has 2 fully saturated rings. The normalized spacial score (nSPS) is 28.4. The van der Waals surface area contributed by atoms with Crippen molar-refractivity contribution in [3.05, 3.63) is 47.7 Å². The number of likely N-dealkylation sites (tertiary alicyclic amines) is 1. The van der Waals surface area contributed by atoms with Crippen molar-refractivity contribution < 1.29 is 9.84 Å². The third kappa shape index (κ3) is 3.11. The molecule has 0 spiro atoms. The van der Waals surface area contributed by atoms with Crippen molar-refractivity contribution in [1.29, 1.82) is 0 Å². The van der Waals surface area contributed by atoms with Crippen LogP contribution in [0.2, 0.25) is 0 Å². The fourth-order valence-electron chi connectivity index (χ4n) is 5.69. The monoisotopic (exact) mass is 381 g/mol. The van der Waals surface area contributed by atoms with Gasteiger partial charge in [0.05, 0.1) is 13.2 Å². The van der Waals surface area contributed by atoms with E-state index >= 15 is 0 Å². The molecule has 3 aliphatic rings. The van der Waals surface area contributed by atoms with Gasteiger partial charge < -0.3 is 14.8 Å². The number of aliphatic hydroxyl groups is 1. The molecular weight excluding hydrogens is 350 g/mol. The number of piperidine rings is 1. The molecule has 5 rings (SSSR count). The van der Waals surface area contributed by atoms with Crippen molar-refractivity contribution in [2.24, 2.45) is 5.92 Å². The average Bonchev–Trinajstić information content (AvgIpc) is 3.08. The molecule has 3 heterocycles. The van der Waals surface area contributed by atoms with Crippen LogP contribution in [0.5, 0.6) is 0 Å². The lowest BCUT2D eigenvalue weighted by molar-refractivity contribution is 0.0334. The number of aromatic amines is 1. The number of ether oxygens (including phenoxy) is 1. The van der Waals surface area contributed by atoms with Crippen LogP contribution in [0, 0.1) is 5.92 Å². The second kappa shape index (κ2) is 7.64. The molecule has 5 nitrogen and oxygen atoms in total. The van der Waals surface area contributed by atoms with E-state index in [4.69, 9.17) is 4.74 Å². The Balaban J connectivity index is 1.54. The summed E-state index contributed by atoms with van der Waals surface area (Å²) in [6.07, 6.45) is 4.18. The van der Waals surface area contributed by atoms with Gasteiger partial charge in [0.1, 0.15) is 0 Å². The first-order valence-corrected chi connectivity index (χ1v) is 10.7. The molecule has 28 heavy (non-hydrogen) atoms. The minimum Gasteiger partial charge on any atom is -0.396 e. The van der Waals surface area contributed by atoms with E-state index in [1.807, 2.05) is 6.08 Å². The second-order valence-corrected chi connectivity index (χ2v) is 8.65. The number of nitrogens with one attached hydrogen (secondary N) is 1. The van der Waals surface area contributed by atoms with Crippen LogP contribution in [-0.4, -0.2) is 71.9 Å². The van der Waals surface area contributed by atoms with Gasteiger partial charge in [-0.25, -0.2) is 0 Å². The lowest BCUT2D eigenvalue weighted by Crippen LogP contribution is -2.50. The van der Waals surface area contributed by atoms with Crippen LogP contribution >= 0.6 is 0 Å². The summed E-state index contributed by atoms with van der Waals surface area (Å²) >= 11 is 0. The zero-order valence-corrected chi connectivity index (χ0v) is 16.6. The number of hydrogen-bond acceptors (Lipinski definition) is 4. The van der Waals surface area contributed by atoms with Crippen LogP contribution in [0.4, 0.5) is 0 Å². The minimum absolute atomic E-state index is 0.273. The number of rotatable bonds is 5. The van der Waals surface area contributed by atoms with Crippen molar-refractivity contribution >= 4 is 10.9 Å². The molecule has 0 radical (unpaired) electrons. The molecule has 2 aromatic rings. The number of fused-ring (bicyclic) bond motifs is 2. The molecule has 3 atom stereocenters. The molecule has 2 saturated heterocycles. The fraction of sp³-hybridized carbons (Fsp3) is 0.565. The highest BCUT2D eigenvalue weighted by Gasteiger charge is 2.41. The Morgan fingerprint density at radius 1 is 1.29 bits per heavy atom. The largest absolute Gasteiger partial charge is 0.396 e.